The molecule has 1 aliphatic heterocycles. The Bertz CT molecular complexity index is 198. The molecule has 74 valence electrons. The SMILES string of the molecule is C=C(C)CNC(=O)N1CCOCC1. The summed E-state index contributed by atoms with van der Waals surface area (Å²) in [6.45, 7) is 8.80. The molecule has 0 atom stereocenters. The van der Waals surface area contributed by atoms with Gasteiger partial charge in [-0.15, -0.1) is 0 Å². The van der Waals surface area contributed by atoms with E-state index in [0.717, 1.165) is 5.57 Å². The van der Waals surface area contributed by atoms with Crippen LogP contribution in [-0.2, 0) is 4.74 Å². The molecular weight excluding hydrogens is 168 g/mol. The molecule has 0 saturated carbocycles. The highest BCUT2D eigenvalue weighted by Gasteiger charge is 2.15. The third kappa shape index (κ3) is 3.46. The first-order valence-electron chi connectivity index (χ1n) is 4.45. The molecule has 2 amide bonds. The maximum atomic E-state index is 11.4. The van der Waals surface area contributed by atoms with Gasteiger partial charge in [0.15, 0.2) is 0 Å². The van der Waals surface area contributed by atoms with Gasteiger partial charge in [0.2, 0.25) is 0 Å². The lowest BCUT2D eigenvalue weighted by atomic mass is 10.3. The Kier molecular flexibility index (Phi) is 3.76. The molecule has 0 spiro atoms. The maximum Gasteiger partial charge on any atom is 0.317 e. The summed E-state index contributed by atoms with van der Waals surface area (Å²) in [5.41, 5.74) is 0.960. The van der Waals surface area contributed by atoms with E-state index in [-0.39, 0.29) is 6.03 Å². The summed E-state index contributed by atoms with van der Waals surface area (Å²) in [5, 5.41) is 2.78. The average molecular weight is 184 g/mol. The van der Waals surface area contributed by atoms with Gasteiger partial charge in [0.05, 0.1) is 13.2 Å². The van der Waals surface area contributed by atoms with E-state index in [0.29, 0.717) is 32.8 Å². The molecule has 1 N–H and O–H groups in total. The number of rotatable bonds is 2. The summed E-state index contributed by atoms with van der Waals surface area (Å²) >= 11 is 0. The highest BCUT2D eigenvalue weighted by Crippen LogP contribution is 1.97. The van der Waals surface area contributed by atoms with E-state index in [1.165, 1.54) is 0 Å². The van der Waals surface area contributed by atoms with Crippen molar-refractivity contribution >= 4 is 6.03 Å². The topological polar surface area (TPSA) is 41.6 Å². The molecule has 0 aromatic carbocycles. The van der Waals surface area contributed by atoms with Gasteiger partial charge < -0.3 is 15.0 Å². The minimum Gasteiger partial charge on any atom is -0.378 e. The van der Waals surface area contributed by atoms with Gasteiger partial charge in [0, 0.05) is 19.6 Å². The number of ether oxygens (including phenoxy) is 1. The fourth-order valence-corrected chi connectivity index (χ4v) is 1.10. The number of carbonyl (C=O) groups is 1. The Morgan fingerprint density at radius 2 is 2.15 bits per heavy atom. The minimum absolute atomic E-state index is 0.0219. The molecule has 0 unspecified atom stereocenters. The summed E-state index contributed by atoms with van der Waals surface area (Å²) in [6, 6.07) is -0.0219. The van der Waals surface area contributed by atoms with Gasteiger partial charge in [-0.3, -0.25) is 0 Å². The van der Waals surface area contributed by atoms with Crippen LogP contribution in [0.4, 0.5) is 4.79 Å². The molecule has 0 aromatic rings. The summed E-state index contributed by atoms with van der Waals surface area (Å²) in [6.07, 6.45) is 0. The van der Waals surface area contributed by atoms with E-state index in [1.807, 2.05) is 6.92 Å². The normalized spacial score (nSPS) is 16.8. The fourth-order valence-electron chi connectivity index (χ4n) is 1.10. The highest BCUT2D eigenvalue weighted by molar-refractivity contribution is 5.74. The largest absolute Gasteiger partial charge is 0.378 e. The first-order chi connectivity index (χ1) is 6.20. The first kappa shape index (κ1) is 10.1. The average Bonchev–Trinajstić information content (AvgIpc) is 2.15. The van der Waals surface area contributed by atoms with Gasteiger partial charge in [-0.25, -0.2) is 4.79 Å². The van der Waals surface area contributed by atoms with Gasteiger partial charge in [-0.05, 0) is 6.92 Å². The van der Waals surface area contributed by atoms with Crippen molar-refractivity contribution < 1.29 is 9.53 Å². The molecule has 13 heavy (non-hydrogen) atoms. The molecule has 0 radical (unpaired) electrons. The molecule has 0 aliphatic carbocycles. The quantitative estimate of drug-likeness (QED) is 0.639. The Morgan fingerprint density at radius 3 is 2.69 bits per heavy atom. The summed E-state index contributed by atoms with van der Waals surface area (Å²) < 4.78 is 5.14. The van der Waals surface area contributed by atoms with Crippen LogP contribution in [0.1, 0.15) is 6.92 Å². The standard InChI is InChI=1S/C9H16N2O2/c1-8(2)7-10-9(12)11-3-5-13-6-4-11/h1,3-7H2,2H3,(H,10,12). The minimum atomic E-state index is -0.0219. The third-order valence-electron chi connectivity index (χ3n) is 1.84. The van der Waals surface area contributed by atoms with E-state index < -0.39 is 0 Å². The summed E-state index contributed by atoms with van der Waals surface area (Å²) in [5.74, 6) is 0. The van der Waals surface area contributed by atoms with Gasteiger partial charge in [-0.1, -0.05) is 12.2 Å². The van der Waals surface area contributed by atoms with Crippen molar-refractivity contribution in [3.63, 3.8) is 0 Å². The van der Waals surface area contributed by atoms with Gasteiger partial charge in [0.25, 0.3) is 0 Å². The number of hydrogen-bond donors (Lipinski definition) is 1. The highest BCUT2D eigenvalue weighted by atomic mass is 16.5. The van der Waals surface area contributed by atoms with Crippen molar-refractivity contribution in [3.8, 4) is 0 Å². The molecule has 1 aliphatic rings. The number of morpholine rings is 1. The molecule has 0 bridgehead atoms. The van der Waals surface area contributed by atoms with Crippen LogP contribution in [0.3, 0.4) is 0 Å². The van der Waals surface area contributed by atoms with Crippen LogP contribution in [0, 0.1) is 0 Å². The van der Waals surface area contributed by atoms with Crippen molar-refractivity contribution in [1.29, 1.82) is 0 Å². The zero-order valence-corrected chi connectivity index (χ0v) is 8.01. The molecule has 1 rings (SSSR count). The maximum absolute atomic E-state index is 11.4. The summed E-state index contributed by atoms with van der Waals surface area (Å²) in [7, 11) is 0. The van der Waals surface area contributed by atoms with Gasteiger partial charge >= 0.3 is 6.03 Å². The van der Waals surface area contributed by atoms with E-state index >= 15 is 0 Å². The molecule has 0 aromatic heterocycles. The predicted octanol–water partition coefficient (Wildman–Crippen LogP) is 0.604. The van der Waals surface area contributed by atoms with Crippen LogP contribution >= 0.6 is 0 Å². The number of amides is 2. The van der Waals surface area contributed by atoms with Crippen LogP contribution in [0.25, 0.3) is 0 Å². The summed E-state index contributed by atoms with van der Waals surface area (Å²) in [4.78, 5) is 13.2. The molecule has 1 fully saturated rings. The molecule has 1 saturated heterocycles. The van der Waals surface area contributed by atoms with Crippen molar-refractivity contribution in [2.24, 2.45) is 0 Å². The predicted molar refractivity (Wildman–Crippen MR) is 50.6 cm³/mol. The molecule has 4 nitrogen and oxygen atoms in total. The van der Waals surface area contributed by atoms with Crippen molar-refractivity contribution in [2.45, 2.75) is 6.92 Å². The van der Waals surface area contributed by atoms with Crippen molar-refractivity contribution in [1.82, 2.24) is 10.2 Å². The zero-order chi connectivity index (χ0) is 9.68. The number of nitrogens with one attached hydrogen (secondary N) is 1. The lowest BCUT2D eigenvalue weighted by Gasteiger charge is -2.26. The Balaban J connectivity index is 2.25. The van der Waals surface area contributed by atoms with Gasteiger partial charge in [-0.2, -0.15) is 0 Å². The van der Waals surface area contributed by atoms with Crippen LogP contribution in [0.5, 0.6) is 0 Å². The van der Waals surface area contributed by atoms with Crippen LogP contribution < -0.4 is 5.32 Å². The van der Waals surface area contributed by atoms with Crippen LogP contribution in [-0.4, -0.2) is 43.8 Å². The van der Waals surface area contributed by atoms with E-state index in [4.69, 9.17) is 4.74 Å². The zero-order valence-electron chi connectivity index (χ0n) is 8.01. The Morgan fingerprint density at radius 1 is 1.54 bits per heavy atom. The number of carbonyl (C=O) groups excluding carboxylic acids is 1. The van der Waals surface area contributed by atoms with Gasteiger partial charge in [0.1, 0.15) is 0 Å². The number of urea groups is 1. The second-order valence-corrected chi connectivity index (χ2v) is 3.22. The fraction of sp³-hybridized carbons (Fsp3) is 0.667. The smallest absolute Gasteiger partial charge is 0.317 e. The molecule has 1 heterocycles. The van der Waals surface area contributed by atoms with E-state index in [2.05, 4.69) is 11.9 Å². The van der Waals surface area contributed by atoms with Crippen molar-refractivity contribution in [3.05, 3.63) is 12.2 Å². The van der Waals surface area contributed by atoms with E-state index in [1.54, 1.807) is 4.90 Å². The molecule has 4 heteroatoms. The first-order valence-corrected chi connectivity index (χ1v) is 4.45. The van der Waals surface area contributed by atoms with Crippen LogP contribution in [0.15, 0.2) is 12.2 Å². The number of hydrogen-bond acceptors (Lipinski definition) is 2. The lowest BCUT2D eigenvalue weighted by Crippen LogP contribution is -2.46. The second-order valence-electron chi connectivity index (χ2n) is 3.22. The lowest BCUT2D eigenvalue weighted by molar-refractivity contribution is 0.0534. The monoisotopic (exact) mass is 184 g/mol. The van der Waals surface area contributed by atoms with Crippen LogP contribution in [0.2, 0.25) is 0 Å². The molecular formula is C9H16N2O2. The Hall–Kier alpha value is -1.03. The Labute approximate surface area is 78.5 Å². The van der Waals surface area contributed by atoms with E-state index in [9.17, 15) is 4.79 Å². The second kappa shape index (κ2) is 4.87. The van der Waals surface area contributed by atoms with Crippen molar-refractivity contribution in [2.75, 3.05) is 32.8 Å². The number of nitrogens with zero attached hydrogens (tertiary/aromatic N) is 1. The third-order valence-corrected chi connectivity index (χ3v) is 1.84.